The van der Waals surface area contributed by atoms with Gasteiger partial charge in [-0.25, -0.2) is 0 Å². The molecular formula is C21H26N4O2S2. The van der Waals surface area contributed by atoms with Crippen molar-refractivity contribution in [2.75, 3.05) is 18.0 Å². The molecule has 2 fully saturated rings. The molecule has 1 aliphatic heterocycles. The minimum Gasteiger partial charge on any atom is -0.341 e. The highest BCUT2D eigenvalue weighted by Gasteiger charge is 2.36. The molecule has 0 bridgehead atoms. The molecule has 8 heteroatoms. The number of benzene rings is 1. The van der Waals surface area contributed by atoms with E-state index in [1.54, 1.807) is 4.90 Å². The number of carbonyl (C=O) groups excluding carboxylic acids is 2. The quantitative estimate of drug-likeness (QED) is 0.484. The Hall–Kier alpha value is -1.93. The first kappa shape index (κ1) is 20.3. The lowest BCUT2D eigenvalue weighted by atomic mass is 10.1. The van der Waals surface area contributed by atoms with Crippen molar-refractivity contribution in [3.05, 3.63) is 35.9 Å². The Kier molecular flexibility index (Phi) is 6.50. The van der Waals surface area contributed by atoms with Gasteiger partial charge in [-0.2, -0.15) is 0 Å². The van der Waals surface area contributed by atoms with Crippen molar-refractivity contribution in [1.29, 1.82) is 0 Å². The molecule has 1 aliphatic carbocycles. The molecule has 1 atom stereocenters. The van der Waals surface area contributed by atoms with Crippen molar-refractivity contribution in [1.82, 2.24) is 15.1 Å². The highest BCUT2D eigenvalue weighted by molar-refractivity contribution is 8.01. The Morgan fingerprint density at radius 2 is 1.90 bits per heavy atom. The molecule has 1 saturated carbocycles. The van der Waals surface area contributed by atoms with Gasteiger partial charge in [0.2, 0.25) is 16.9 Å². The maximum Gasteiger partial charge on any atom is 0.240 e. The standard InChI is InChI=1S/C21H26N4O2S2/c1-2-17(26)25(16-11-12-16)20-22-23-21(29-20)28-18(15-9-5-3-6-10-15)19(27)24-13-7-4-8-14-24/h3,5-6,9-10,16,18H,2,4,7-8,11-14H2,1H3/t18-/m1/s1. The molecule has 29 heavy (non-hydrogen) atoms. The van der Waals surface area contributed by atoms with Crippen LogP contribution < -0.4 is 4.90 Å². The fourth-order valence-corrected chi connectivity index (χ4v) is 5.79. The van der Waals surface area contributed by atoms with Crippen molar-refractivity contribution >= 4 is 40.0 Å². The number of anilines is 1. The van der Waals surface area contributed by atoms with Gasteiger partial charge in [-0.3, -0.25) is 14.5 Å². The zero-order valence-corrected chi connectivity index (χ0v) is 18.3. The minimum atomic E-state index is -0.341. The Labute approximate surface area is 179 Å². The summed E-state index contributed by atoms with van der Waals surface area (Å²) >= 11 is 2.86. The van der Waals surface area contributed by atoms with E-state index in [-0.39, 0.29) is 23.1 Å². The first-order valence-electron chi connectivity index (χ1n) is 10.3. The molecule has 2 aromatic rings. The van der Waals surface area contributed by atoms with Crippen LogP contribution in [0.2, 0.25) is 0 Å². The smallest absolute Gasteiger partial charge is 0.240 e. The third-order valence-electron chi connectivity index (χ3n) is 5.30. The second-order valence-electron chi connectivity index (χ2n) is 7.49. The van der Waals surface area contributed by atoms with Crippen molar-refractivity contribution in [2.45, 2.75) is 61.1 Å². The average Bonchev–Trinajstić information content (AvgIpc) is 3.50. The molecule has 1 saturated heterocycles. The van der Waals surface area contributed by atoms with Crippen molar-refractivity contribution < 1.29 is 9.59 Å². The van der Waals surface area contributed by atoms with Crippen LogP contribution in [0.5, 0.6) is 0 Å². The van der Waals surface area contributed by atoms with Gasteiger partial charge in [0.15, 0.2) is 4.34 Å². The molecule has 154 valence electrons. The van der Waals surface area contributed by atoms with Crippen LogP contribution in [0.25, 0.3) is 0 Å². The van der Waals surface area contributed by atoms with Gasteiger partial charge in [-0.05, 0) is 37.7 Å². The molecule has 0 N–H and O–H groups in total. The van der Waals surface area contributed by atoms with Crippen LogP contribution in [-0.2, 0) is 9.59 Å². The van der Waals surface area contributed by atoms with Crippen molar-refractivity contribution in [2.24, 2.45) is 0 Å². The fraction of sp³-hybridized carbons (Fsp3) is 0.524. The zero-order chi connectivity index (χ0) is 20.2. The molecule has 1 aromatic heterocycles. The van der Waals surface area contributed by atoms with Gasteiger partial charge in [0.05, 0.1) is 0 Å². The fourth-order valence-electron chi connectivity index (χ4n) is 3.59. The van der Waals surface area contributed by atoms with Gasteiger partial charge in [0.1, 0.15) is 5.25 Å². The summed E-state index contributed by atoms with van der Waals surface area (Å²) in [6.07, 6.45) is 5.82. The molecule has 4 rings (SSSR count). The predicted octanol–water partition coefficient (Wildman–Crippen LogP) is 4.29. The second-order valence-corrected chi connectivity index (χ2v) is 9.80. The topological polar surface area (TPSA) is 66.4 Å². The molecule has 1 aromatic carbocycles. The normalized spacial score (nSPS) is 17.8. The third-order valence-corrected chi connectivity index (χ3v) is 7.55. The summed E-state index contributed by atoms with van der Waals surface area (Å²) in [4.78, 5) is 29.4. The average molecular weight is 431 g/mol. The van der Waals surface area contributed by atoms with Crippen LogP contribution >= 0.6 is 23.1 Å². The van der Waals surface area contributed by atoms with Crippen LogP contribution in [0.3, 0.4) is 0 Å². The minimum absolute atomic E-state index is 0.0872. The van der Waals surface area contributed by atoms with E-state index in [0.717, 1.165) is 48.7 Å². The number of rotatable bonds is 7. The van der Waals surface area contributed by atoms with Crippen LogP contribution in [0.4, 0.5) is 5.13 Å². The Balaban J connectivity index is 1.55. The van der Waals surface area contributed by atoms with E-state index in [2.05, 4.69) is 10.2 Å². The molecule has 0 unspecified atom stereocenters. The third kappa shape index (κ3) is 4.80. The van der Waals surface area contributed by atoms with Crippen LogP contribution in [0, 0.1) is 0 Å². The van der Waals surface area contributed by atoms with Crippen molar-refractivity contribution in [3.8, 4) is 0 Å². The Morgan fingerprint density at radius 1 is 1.17 bits per heavy atom. The highest BCUT2D eigenvalue weighted by atomic mass is 32.2. The second kappa shape index (κ2) is 9.26. The summed E-state index contributed by atoms with van der Waals surface area (Å²) in [7, 11) is 0. The predicted molar refractivity (Wildman–Crippen MR) is 116 cm³/mol. The van der Waals surface area contributed by atoms with E-state index in [1.165, 1.54) is 29.5 Å². The van der Waals surface area contributed by atoms with Crippen LogP contribution in [0.1, 0.15) is 56.3 Å². The van der Waals surface area contributed by atoms with E-state index in [9.17, 15) is 9.59 Å². The Bertz CT molecular complexity index is 847. The SMILES string of the molecule is CCC(=O)N(c1nnc(S[C@@H](C(=O)N2CCCCC2)c2ccccc2)s1)C1CC1. The largest absolute Gasteiger partial charge is 0.341 e. The summed E-state index contributed by atoms with van der Waals surface area (Å²) in [6.45, 7) is 3.52. The number of nitrogens with zero attached hydrogens (tertiary/aromatic N) is 4. The lowest BCUT2D eigenvalue weighted by molar-refractivity contribution is -0.131. The number of hydrogen-bond acceptors (Lipinski definition) is 6. The van der Waals surface area contributed by atoms with Gasteiger partial charge in [0.25, 0.3) is 0 Å². The van der Waals surface area contributed by atoms with Gasteiger partial charge in [0, 0.05) is 25.6 Å². The molecular weight excluding hydrogens is 404 g/mol. The lowest BCUT2D eigenvalue weighted by Gasteiger charge is -2.30. The first-order valence-corrected chi connectivity index (χ1v) is 12.0. The monoisotopic (exact) mass is 430 g/mol. The molecule has 0 radical (unpaired) electrons. The van der Waals surface area contributed by atoms with Gasteiger partial charge < -0.3 is 4.90 Å². The van der Waals surface area contributed by atoms with E-state index >= 15 is 0 Å². The summed E-state index contributed by atoms with van der Waals surface area (Å²) < 4.78 is 0.730. The lowest BCUT2D eigenvalue weighted by Crippen LogP contribution is -2.38. The first-order chi connectivity index (χ1) is 14.2. The molecule has 2 aliphatic rings. The Morgan fingerprint density at radius 3 is 2.55 bits per heavy atom. The highest BCUT2D eigenvalue weighted by Crippen LogP contribution is 2.42. The number of piperidine rings is 1. The zero-order valence-electron chi connectivity index (χ0n) is 16.6. The van der Waals surface area contributed by atoms with E-state index in [0.29, 0.717) is 11.6 Å². The number of carbonyl (C=O) groups is 2. The van der Waals surface area contributed by atoms with Crippen LogP contribution in [0.15, 0.2) is 34.7 Å². The molecule has 0 spiro atoms. The number of likely N-dealkylation sites (tertiary alicyclic amines) is 1. The number of thioether (sulfide) groups is 1. The summed E-state index contributed by atoms with van der Waals surface area (Å²) in [5.74, 6) is 0.227. The van der Waals surface area contributed by atoms with E-state index in [1.807, 2.05) is 42.2 Å². The van der Waals surface area contributed by atoms with Gasteiger partial charge >= 0.3 is 0 Å². The summed E-state index contributed by atoms with van der Waals surface area (Å²) in [5.41, 5.74) is 0.980. The van der Waals surface area contributed by atoms with Gasteiger partial charge in [-0.1, -0.05) is 60.4 Å². The summed E-state index contributed by atoms with van der Waals surface area (Å²) in [5, 5.41) is 8.93. The molecule has 2 heterocycles. The number of aromatic nitrogens is 2. The molecule has 6 nitrogen and oxygen atoms in total. The number of hydrogen-bond donors (Lipinski definition) is 0. The molecule has 2 amide bonds. The van der Waals surface area contributed by atoms with Crippen molar-refractivity contribution in [3.63, 3.8) is 0 Å². The van der Waals surface area contributed by atoms with Gasteiger partial charge in [-0.15, -0.1) is 10.2 Å². The summed E-state index contributed by atoms with van der Waals surface area (Å²) in [6, 6.07) is 10.1. The number of amides is 2. The maximum atomic E-state index is 13.3. The maximum absolute atomic E-state index is 13.3. The van der Waals surface area contributed by atoms with Crippen LogP contribution in [-0.4, -0.2) is 46.0 Å². The van der Waals surface area contributed by atoms with E-state index in [4.69, 9.17) is 0 Å². The van der Waals surface area contributed by atoms with E-state index < -0.39 is 0 Å².